The fraction of sp³-hybridized carbons (Fsp3) is 0.625. The number of anilines is 1. The second kappa shape index (κ2) is 7.98. The van der Waals surface area contributed by atoms with Gasteiger partial charge in [0.25, 0.3) is 5.91 Å². The highest BCUT2D eigenvalue weighted by Gasteiger charge is 2.20. The highest BCUT2D eigenvalue weighted by molar-refractivity contribution is 5.93. The molecular weight excluding hydrogens is 266 g/mol. The molecule has 1 saturated heterocycles. The Labute approximate surface area is 126 Å². The van der Waals surface area contributed by atoms with E-state index in [4.69, 9.17) is 4.74 Å². The van der Waals surface area contributed by atoms with E-state index < -0.39 is 0 Å². The zero-order chi connectivity index (χ0) is 15.1. The standard InChI is InChI=1S/C16H25N3O2/c1-3-8-17-13-7-9-18-15(11-13)16(20)19(2)12-14-6-4-5-10-21-14/h7,9,11,14H,3-6,8,10,12H2,1-2H3,(H,17,18). The molecule has 1 amide bonds. The minimum Gasteiger partial charge on any atom is -0.385 e. The van der Waals surface area contributed by atoms with Gasteiger partial charge in [-0.2, -0.15) is 0 Å². The topological polar surface area (TPSA) is 54.5 Å². The molecule has 1 aromatic rings. The molecule has 1 aliphatic rings. The second-order valence-corrected chi connectivity index (χ2v) is 5.53. The first-order valence-electron chi connectivity index (χ1n) is 7.77. The van der Waals surface area contributed by atoms with Crippen molar-refractivity contribution in [2.75, 3.05) is 32.1 Å². The van der Waals surface area contributed by atoms with Crippen LogP contribution in [0.4, 0.5) is 5.69 Å². The molecule has 0 spiro atoms. The molecule has 1 fully saturated rings. The molecule has 1 atom stereocenters. The van der Waals surface area contributed by atoms with Crippen LogP contribution in [0.25, 0.3) is 0 Å². The molecule has 0 radical (unpaired) electrons. The van der Waals surface area contributed by atoms with Gasteiger partial charge in [-0.25, -0.2) is 0 Å². The molecule has 21 heavy (non-hydrogen) atoms. The molecule has 2 heterocycles. The molecule has 0 bridgehead atoms. The van der Waals surface area contributed by atoms with Crippen LogP contribution in [0.1, 0.15) is 43.1 Å². The Bertz CT molecular complexity index is 459. The van der Waals surface area contributed by atoms with Gasteiger partial charge in [-0.3, -0.25) is 9.78 Å². The molecule has 1 unspecified atom stereocenters. The molecule has 0 aliphatic carbocycles. The number of likely N-dealkylation sites (N-methyl/N-ethyl adjacent to an activating group) is 1. The molecule has 5 heteroatoms. The smallest absolute Gasteiger partial charge is 0.272 e. The number of hydrogen-bond acceptors (Lipinski definition) is 4. The third kappa shape index (κ3) is 4.70. The Morgan fingerprint density at radius 3 is 3.10 bits per heavy atom. The van der Waals surface area contributed by atoms with E-state index in [2.05, 4.69) is 17.2 Å². The van der Waals surface area contributed by atoms with Crippen LogP contribution in [0.3, 0.4) is 0 Å². The van der Waals surface area contributed by atoms with Gasteiger partial charge in [0, 0.05) is 38.6 Å². The first-order valence-corrected chi connectivity index (χ1v) is 7.77. The van der Waals surface area contributed by atoms with E-state index >= 15 is 0 Å². The van der Waals surface area contributed by atoms with Gasteiger partial charge in [0.1, 0.15) is 5.69 Å². The summed E-state index contributed by atoms with van der Waals surface area (Å²) in [5.74, 6) is -0.0516. The summed E-state index contributed by atoms with van der Waals surface area (Å²) in [5, 5.41) is 3.27. The summed E-state index contributed by atoms with van der Waals surface area (Å²) in [6.07, 6.45) is 6.22. The van der Waals surface area contributed by atoms with E-state index in [1.807, 2.05) is 19.2 Å². The number of rotatable bonds is 6. The highest BCUT2D eigenvalue weighted by Crippen LogP contribution is 2.15. The van der Waals surface area contributed by atoms with Crippen molar-refractivity contribution in [3.8, 4) is 0 Å². The zero-order valence-corrected chi connectivity index (χ0v) is 13.0. The van der Waals surface area contributed by atoms with Crippen molar-refractivity contribution >= 4 is 11.6 Å². The summed E-state index contributed by atoms with van der Waals surface area (Å²) in [4.78, 5) is 18.3. The van der Waals surface area contributed by atoms with Crippen LogP contribution in [0.15, 0.2) is 18.3 Å². The number of carbonyl (C=O) groups excluding carboxylic acids is 1. The second-order valence-electron chi connectivity index (χ2n) is 5.53. The summed E-state index contributed by atoms with van der Waals surface area (Å²) >= 11 is 0. The molecular formula is C16H25N3O2. The van der Waals surface area contributed by atoms with Crippen LogP contribution < -0.4 is 5.32 Å². The van der Waals surface area contributed by atoms with Gasteiger partial charge < -0.3 is 15.0 Å². The molecule has 5 nitrogen and oxygen atoms in total. The van der Waals surface area contributed by atoms with Gasteiger partial charge in [-0.15, -0.1) is 0 Å². The predicted molar refractivity (Wildman–Crippen MR) is 83.6 cm³/mol. The van der Waals surface area contributed by atoms with Crippen LogP contribution in [-0.2, 0) is 4.74 Å². The lowest BCUT2D eigenvalue weighted by Gasteiger charge is -2.27. The SMILES string of the molecule is CCCNc1ccnc(C(=O)N(C)CC2CCCCO2)c1. The fourth-order valence-electron chi connectivity index (χ4n) is 2.46. The third-order valence-corrected chi connectivity index (χ3v) is 3.66. The van der Waals surface area contributed by atoms with Gasteiger partial charge in [-0.1, -0.05) is 6.92 Å². The maximum Gasteiger partial charge on any atom is 0.272 e. The molecule has 1 N–H and O–H groups in total. The Hall–Kier alpha value is -1.62. The third-order valence-electron chi connectivity index (χ3n) is 3.66. The minimum absolute atomic E-state index is 0.0516. The van der Waals surface area contributed by atoms with Gasteiger partial charge in [0.2, 0.25) is 0 Å². The van der Waals surface area contributed by atoms with Crippen molar-refractivity contribution in [3.63, 3.8) is 0 Å². The quantitative estimate of drug-likeness (QED) is 0.875. The van der Waals surface area contributed by atoms with Crippen LogP contribution in [0.5, 0.6) is 0 Å². The number of hydrogen-bond donors (Lipinski definition) is 1. The average molecular weight is 291 g/mol. The number of pyridine rings is 1. The predicted octanol–water partition coefficient (Wildman–Crippen LogP) is 2.54. The van der Waals surface area contributed by atoms with E-state index in [0.29, 0.717) is 12.2 Å². The summed E-state index contributed by atoms with van der Waals surface area (Å²) < 4.78 is 5.68. The van der Waals surface area contributed by atoms with E-state index in [9.17, 15) is 4.79 Å². The van der Waals surface area contributed by atoms with Gasteiger partial charge in [0.05, 0.1) is 6.10 Å². The van der Waals surface area contributed by atoms with Crippen molar-refractivity contribution in [1.82, 2.24) is 9.88 Å². The Morgan fingerprint density at radius 2 is 2.38 bits per heavy atom. The van der Waals surface area contributed by atoms with E-state index in [1.54, 1.807) is 11.1 Å². The van der Waals surface area contributed by atoms with E-state index in [1.165, 1.54) is 6.42 Å². The first kappa shape index (κ1) is 15.8. The summed E-state index contributed by atoms with van der Waals surface area (Å²) in [6, 6.07) is 3.70. The van der Waals surface area contributed by atoms with Crippen LogP contribution in [-0.4, -0.2) is 48.6 Å². The number of nitrogens with zero attached hydrogens (tertiary/aromatic N) is 2. The maximum atomic E-state index is 12.4. The minimum atomic E-state index is -0.0516. The Balaban J connectivity index is 1.94. The largest absolute Gasteiger partial charge is 0.385 e. The summed E-state index contributed by atoms with van der Waals surface area (Å²) in [6.45, 7) is 4.44. The van der Waals surface area contributed by atoms with E-state index in [0.717, 1.165) is 38.1 Å². The lowest BCUT2D eigenvalue weighted by molar-refractivity contribution is -0.000288. The molecule has 1 aliphatic heterocycles. The molecule has 116 valence electrons. The van der Waals surface area contributed by atoms with Gasteiger partial charge in [-0.05, 0) is 37.8 Å². The molecule has 0 aromatic carbocycles. The van der Waals surface area contributed by atoms with Crippen LogP contribution >= 0.6 is 0 Å². The highest BCUT2D eigenvalue weighted by atomic mass is 16.5. The van der Waals surface area contributed by atoms with Crippen molar-refractivity contribution in [1.29, 1.82) is 0 Å². The van der Waals surface area contributed by atoms with Crippen molar-refractivity contribution in [2.45, 2.75) is 38.7 Å². The van der Waals surface area contributed by atoms with Crippen molar-refractivity contribution in [3.05, 3.63) is 24.0 Å². The zero-order valence-electron chi connectivity index (χ0n) is 13.0. The average Bonchev–Trinajstić information content (AvgIpc) is 2.53. The lowest BCUT2D eigenvalue weighted by Crippen LogP contribution is -2.37. The molecule has 1 aromatic heterocycles. The van der Waals surface area contributed by atoms with Crippen molar-refractivity contribution < 1.29 is 9.53 Å². The Morgan fingerprint density at radius 1 is 1.52 bits per heavy atom. The first-order chi connectivity index (χ1) is 10.2. The number of nitrogens with one attached hydrogen (secondary N) is 1. The summed E-state index contributed by atoms with van der Waals surface area (Å²) in [7, 11) is 1.81. The summed E-state index contributed by atoms with van der Waals surface area (Å²) in [5.41, 5.74) is 1.42. The van der Waals surface area contributed by atoms with Crippen LogP contribution in [0, 0.1) is 0 Å². The van der Waals surface area contributed by atoms with Crippen molar-refractivity contribution in [2.24, 2.45) is 0 Å². The number of amides is 1. The van der Waals surface area contributed by atoms with Crippen LogP contribution in [0.2, 0.25) is 0 Å². The van der Waals surface area contributed by atoms with Gasteiger partial charge >= 0.3 is 0 Å². The monoisotopic (exact) mass is 291 g/mol. The normalized spacial score (nSPS) is 18.3. The van der Waals surface area contributed by atoms with E-state index in [-0.39, 0.29) is 12.0 Å². The maximum absolute atomic E-state index is 12.4. The number of carbonyl (C=O) groups is 1. The molecule has 2 rings (SSSR count). The number of ether oxygens (including phenoxy) is 1. The van der Waals surface area contributed by atoms with Gasteiger partial charge in [0.15, 0.2) is 0 Å². The molecule has 0 saturated carbocycles. The lowest BCUT2D eigenvalue weighted by atomic mass is 10.1. The fourth-order valence-corrected chi connectivity index (χ4v) is 2.46. The Kier molecular flexibility index (Phi) is 5.99. The number of aromatic nitrogens is 1.